The molecule has 1 heterocycles. The Kier molecular flexibility index (Phi) is 3.22. The summed E-state index contributed by atoms with van der Waals surface area (Å²) < 4.78 is 0. The highest BCUT2D eigenvalue weighted by molar-refractivity contribution is 5.38. The van der Waals surface area contributed by atoms with E-state index in [0.717, 1.165) is 5.56 Å². The van der Waals surface area contributed by atoms with Gasteiger partial charge >= 0.3 is 0 Å². The Morgan fingerprint density at radius 3 is 2.53 bits per heavy atom. The average molecular weight is 223 g/mol. The SMILES string of the molecule is CC(O)(C#Cc1ccccc1)c1cccnc1. The minimum absolute atomic E-state index is 0.698. The van der Waals surface area contributed by atoms with Crippen molar-refractivity contribution >= 4 is 0 Å². The summed E-state index contributed by atoms with van der Waals surface area (Å²) in [5.74, 6) is 5.81. The minimum Gasteiger partial charge on any atom is -0.374 e. The summed E-state index contributed by atoms with van der Waals surface area (Å²) in [5.41, 5.74) is 0.407. The summed E-state index contributed by atoms with van der Waals surface area (Å²) in [4.78, 5) is 3.98. The van der Waals surface area contributed by atoms with E-state index in [4.69, 9.17) is 0 Å². The van der Waals surface area contributed by atoms with Crippen molar-refractivity contribution < 1.29 is 5.11 Å². The zero-order valence-corrected chi connectivity index (χ0v) is 9.59. The van der Waals surface area contributed by atoms with E-state index in [9.17, 15) is 5.11 Å². The molecule has 1 unspecified atom stereocenters. The van der Waals surface area contributed by atoms with Gasteiger partial charge in [0.25, 0.3) is 0 Å². The van der Waals surface area contributed by atoms with Gasteiger partial charge in [0.2, 0.25) is 0 Å². The van der Waals surface area contributed by atoms with E-state index < -0.39 is 5.60 Å². The maximum absolute atomic E-state index is 10.2. The molecule has 17 heavy (non-hydrogen) atoms. The maximum atomic E-state index is 10.2. The van der Waals surface area contributed by atoms with Crippen LogP contribution < -0.4 is 0 Å². The van der Waals surface area contributed by atoms with E-state index in [2.05, 4.69) is 16.8 Å². The topological polar surface area (TPSA) is 33.1 Å². The lowest BCUT2D eigenvalue weighted by molar-refractivity contribution is 0.122. The lowest BCUT2D eigenvalue weighted by atomic mass is 9.98. The molecule has 0 bridgehead atoms. The molecule has 84 valence electrons. The van der Waals surface area contributed by atoms with Gasteiger partial charge in [-0.1, -0.05) is 36.1 Å². The van der Waals surface area contributed by atoms with Crippen LogP contribution in [0.2, 0.25) is 0 Å². The number of hydrogen-bond donors (Lipinski definition) is 1. The molecule has 0 aliphatic carbocycles. The summed E-state index contributed by atoms with van der Waals surface area (Å²) >= 11 is 0. The highest BCUT2D eigenvalue weighted by atomic mass is 16.3. The first-order valence-electron chi connectivity index (χ1n) is 5.39. The second kappa shape index (κ2) is 4.82. The quantitative estimate of drug-likeness (QED) is 0.753. The predicted molar refractivity (Wildman–Crippen MR) is 67.1 cm³/mol. The molecule has 2 aromatic rings. The van der Waals surface area contributed by atoms with Gasteiger partial charge in [-0.2, -0.15) is 0 Å². The number of nitrogens with zero attached hydrogens (tertiary/aromatic N) is 1. The average Bonchev–Trinajstić information content (AvgIpc) is 2.39. The minimum atomic E-state index is -1.18. The van der Waals surface area contributed by atoms with Crippen molar-refractivity contribution in [1.29, 1.82) is 0 Å². The number of aromatic nitrogens is 1. The van der Waals surface area contributed by atoms with Crippen LogP contribution in [0.4, 0.5) is 0 Å². The summed E-state index contributed by atoms with van der Waals surface area (Å²) in [6.07, 6.45) is 3.30. The van der Waals surface area contributed by atoms with Crippen LogP contribution in [0.1, 0.15) is 18.1 Å². The fraction of sp³-hybridized carbons (Fsp3) is 0.133. The zero-order chi connectivity index (χ0) is 12.1. The number of aliphatic hydroxyl groups is 1. The van der Waals surface area contributed by atoms with Gasteiger partial charge in [0.1, 0.15) is 5.60 Å². The molecule has 1 N–H and O–H groups in total. The molecule has 0 aliphatic heterocycles. The zero-order valence-electron chi connectivity index (χ0n) is 9.59. The predicted octanol–water partition coefficient (Wildman–Crippen LogP) is 2.34. The number of rotatable bonds is 1. The summed E-state index contributed by atoms with van der Waals surface area (Å²) in [6, 6.07) is 13.2. The van der Waals surface area contributed by atoms with E-state index in [1.54, 1.807) is 25.4 Å². The Labute approximate surface area is 101 Å². The Hall–Kier alpha value is -2.11. The van der Waals surface area contributed by atoms with Crippen LogP contribution in [-0.4, -0.2) is 10.1 Å². The summed E-state index contributed by atoms with van der Waals surface area (Å²) in [7, 11) is 0. The standard InChI is InChI=1S/C15H13NO/c1-15(17,14-8-5-11-16-12-14)10-9-13-6-3-2-4-7-13/h2-8,11-12,17H,1H3. The van der Waals surface area contributed by atoms with E-state index in [0.29, 0.717) is 5.56 Å². The van der Waals surface area contributed by atoms with Crippen molar-refractivity contribution in [3.05, 3.63) is 66.0 Å². The van der Waals surface area contributed by atoms with Crippen molar-refractivity contribution in [3.63, 3.8) is 0 Å². The first-order chi connectivity index (χ1) is 8.18. The second-order valence-corrected chi connectivity index (χ2v) is 3.93. The first kappa shape index (κ1) is 11.4. The lowest BCUT2D eigenvalue weighted by Crippen LogP contribution is -2.18. The van der Waals surface area contributed by atoms with Crippen molar-refractivity contribution in [2.45, 2.75) is 12.5 Å². The van der Waals surface area contributed by atoms with Crippen LogP contribution in [0.15, 0.2) is 54.9 Å². The highest BCUT2D eigenvalue weighted by Crippen LogP contribution is 2.18. The van der Waals surface area contributed by atoms with Crippen molar-refractivity contribution in [2.75, 3.05) is 0 Å². The fourth-order valence-corrected chi connectivity index (χ4v) is 1.44. The van der Waals surface area contributed by atoms with E-state index in [1.165, 1.54) is 0 Å². The van der Waals surface area contributed by atoms with Crippen molar-refractivity contribution in [1.82, 2.24) is 4.98 Å². The molecular weight excluding hydrogens is 210 g/mol. The third kappa shape index (κ3) is 2.93. The molecule has 0 amide bonds. The Balaban J connectivity index is 2.27. The molecule has 0 saturated heterocycles. The molecule has 0 fully saturated rings. The number of benzene rings is 1. The van der Waals surface area contributed by atoms with E-state index in [1.807, 2.05) is 36.4 Å². The molecule has 2 heteroatoms. The van der Waals surface area contributed by atoms with Crippen LogP contribution in [0.5, 0.6) is 0 Å². The molecule has 0 aliphatic rings. The van der Waals surface area contributed by atoms with Gasteiger partial charge in [-0.15, -0.1) is 0 Å². The Morgan fingerprint density at radius 1 is 1.12 bits per heavy atom. The van der Waals surface area contributed by atoms with Gasteiger partial charge in [-0.25, -0.2) is 0 Å². The highest BCUT2D eigenvalue weighted by Gasteiger charge is 2.19. The maximum Gasteiger partial charge on any atom is 0.150 e. The van der Waals surface area contributed by atoms with Gasteiger partial charge in [0.15, 0.2) is 0 Å². The van der Waals surface area contributed by atoms with Crippen molar-refractivity contribution in [2.24, 2.45) is 0 Å². The molecule has 1 aromatic heterocycles. The normalized spacial score (nSPS) is 13.3. The molecule has 0 radical (unpaired) electrons. The third-order valence-electron chi connectivity index (χ3n) is 2.45. The van der Waals surface area contributed by atoms with Crippen LogP contribution in [0.25, 0.3) is 0 Å². The van der Waals surface area contributed by atoms with Gasteiger partial charge in [0, 0.05) is 23.5 Å². The first-order valence-corrected chi connectivity index (χ1v) is 5.39. The summed E-state index contributed by atoms with van der Waals surface area (Å²) in [6.45, 7) is 1.67. The van der Waals surface area contributed by atoms with Crippen LogP contribution in [0.3, 0.4) is 0 Å². The summed E-state index contributed by atoms with van der Waals surface area (Å²) in [5, 5.41) is 10.2. The molecule has 2 nitrogen and oxygen atoms in total. The fourth-order valence-electron chi connectivity index (χ4n) is 1.44. The van der Waals surface area contributed by atoms with Crippen LogP contribution in [-0.2, 0) is 5.60 Å². The van der Waals surface area contributed by atoms with E-state index in [-0.39, 0.29) is 0 Å². The molecule has 0 saturated carbocycles. The van der Waals surface area contributed by atoms with Gasteiger partial charge < -0.3 is 5.11 Å². The largest absolute Gasteiger partial charge is 0.374 e. The molecular formula is C15H13NO. The number of pyridine rings is 1. The Bertz CT molecular complexity index is 535. The van der Waals surface area contributed by atoms with Crippen molar-refractivity contribution in [3.8, 4) is 11.8 Å². The second-order valence-electron chi connectivity index (χ2n) is 3.93. The smallest absolute Gasteiger partial charge is 0.150 e. The molecule has 1 atom stereocenters. The van der Waals surface area contributed by atoms with Gasteiger partial charge in [-0.3, -0.25) is 4.98 Å². The monoisotopic (exact) mass is 223 g/mol. The third-order valence-corrected chi connectivity index (χ3v) is 2.45. The van der Waals surface area contributed by atoms with Gasteiger partial charge in [0.05, 0.1) is 0 Å². The molecule has 2 rings (SSSR count). The van der Waals surface area contributed by atoms with Crippen LogP contribution in [0, 0.1) is 11.8 Å². The van der Waals surface area contributed by atoms with Crippen LogP contribution >= 0.6 is 0 Å². The Morgan fingerprint density at radius 2 is 1.88 bits per heavy atom. The number of hydrogen-bond acceptors (Lipinski definition) is 2. The van der Waals surface area contributed by atoms with E-state index >= 15 is 0 Å². The molecule has 0 spiro atoms. The lowest BCUT2D eigenvalue weighted by Gasteiger charge is -2.15. The van der Waals surface area contributed by atoms with Gasteiger partial charge in [-0.05, 0) is 25.1 Å². The molecule has 1 aromatic carbocycles.